The van der Waals surface area contributed by atoms with Crippen molar-refractivity contribution in [3.8, 4) is 0 Å². The first-order valence-electron chi connectivity index (χ1n) is 12.4. The molecule has 1 amide bonds. The number of piperidine rings is 1. The highest BCUT2D eigenvalue weighted by Crippen LogP contribution is 2.52. The number of likely N-dealkylation sites (tertiary alicyclic amines) is 1. The first-order chi connectivity index (χ1) is 17.6. The topological polar surface area (TPSA) is 80.8 Å². The molecule has 1 saturated carbocycles. The predicted molar refractivity (Wildman–Crippen MR) is 129 cm³/mol. The zero-order valence-electron chi connectivity index (χ0n) is 20.6. The first kappa shape index (κ1) is 25.7. The maximum atomic E-state index is 15.2. The molecule has 3 aliphatic rings. The number of amides is 1. The summed E-state index contributed by atoms with van der Waals surface area (Å²) in [5, 5.41) is 0. The fraction of sp³-hybridized carbons (Fsp3) is 0.538. The van der Waals surface area contributed by atoms with Gasteiger partial charge in [0.25, 0.3) is 17.9 Å². The van der Waals surface area contributed by atoms with Crippen molar-refractivity contribution in [2.75, 3.05) is 38.3 Å². The summed E-state index contributed by atoms with van der Waals surface area (Å²) in [7, 11) is 1.99. The lowest BCUT2D eigenvalue weighted by molar-refractivity contribution is 0.00232. The Balaban J connectivity index is 1.62. The van der Waals surface area contributed by atoms with Crippen LogP contribution in [0.1, 0.15) is 53.3 Å². The molecule has 0 spiro atoms. The quantitative estimate of drug-likeness (QED) is 0.564. The van der Waals surface area contributed by atoms with Gasteiger partial charge in [0.2, 0.25) is 0 Å². The van der Waals surface area contributed by atoms with Crippen LogP contribution in [-0.4, -0.2) is 60.9 Å². The Kier molecular flexibility index (Phi) is 6.78. The highest BCUT2D eigenvalue weighted by Gasteiger charge is 2.59. The van der Waals surface area contributed by atoms with Crippen molar-refractivity contribution in [2.45, 2.75) is 44.1 Å². The third-order valence-corrected chi connectivity index (χ3v) is 8.03. The number of ether oxygens (including phenoxy) is 1. The summed E-state index contributed by atoms with van der Waals surface area (Å²) in [6.07, 6.45) is -2.90. The number of primary amides is 1. The average Bonchev–Trinajstić information content (AvgIpc) is 3.32. The summed E-state index contributed by atoms with van der Waals surface area (Å²) in [5.41, 5.74) is 4.73. The second-order valence-corrected chi connectivity index (χ2v) is 10.3. The van der Waals surface area contributed by atoms with Gasteiger partial charge in [0.1, 0.15) is 12.0 Å². The smallest absolute Gasteiger partial charge is 0.266 e. The van der Waals surface area contributed by atoms with Gasteiger partial charge in [-0.2, -0.15) is 0 Å². The van der Waals surface area contributed by atoms with Gasteiger partial charge in [-0.15, -0.1) is 0 Å². The molecule has 1 aliphatic carbocycles. The molecule has 200 valence electrons. The highest BCUT2D eigenvalue weighted by molar-refractivity contribution is 5.98. The van der Waals surface area contributed by atoms with Crippen LogP contribution in [0.2, 0.25) is 0 Å². The van der Waals surface area contributed by atoms with Gasteiger partial charge in [-0.05, 0) is 32.2 Å². The maximum Gasteiger partial charge on any atom is 0.266 e. The van der Waals surface area contributed by atoms with Gasteiger partial charge in [0, 0.05) is 43.6 Å². The van der Waals surface area contributed by atoms with E-state index >= 15 is 4.39 Å². The van der Waals surface area contributed by atoms with Gasteiger partial charge in [0.05, 0.1) is 35.5 Å². The Hall–Kier alpha value is -2.92. The SMILES string of the molecule is C[C@H](c1cccc(C(F)F)c1F)N(c1cc(=O)n([C@H]2CCOC[C@@H]2F)cc1C(N)=O)C1C2CN(C)CC21. The minimum absolute atomic E-state index is 0.00566. The fourth-order valence-corrected chi connectivity index (χ4v) is 6.16. The highest BCUT2D eigenvalue weighted by atomic mass is 19.3. The number of hydrogen-bond acceptors (Lipinski definition) is 5. The number of fused-ring (bicyclic) bond motifs is 1. The van der Waals surface area contributed by atoms with Gasteiger partial charge in [0.15, 0.2) is 0 Å². The number of alkyl halides is 3. The van der Waals surface area contributed by atoms with Gasteiger partial charge in [-0.3, -0.25) is 9.59 Å². The Morgan fingerprint density at radius 2 is 1.89 bits per heavy atom. The molecule has 3 heterocycles. The number of halogens is 4. The number of nitrogens with zero attached hydrogens (tertiary/aromatic N) is 3. The van der Waals surface area contributed by atoms with Crippen molar-refractivity contribution in [3.05, 3.63) is 63.3 Å². The molecule has 37 heavy (non-hydrogen) atoms. The van der Waals surface area contributed by atoms with E-state index in [0.29, 0.717) is 0 Å². The molecule has 2 aliphatic heterocycles. The van der Waals surface area contributed by atoms with Crippen molar-refractivity contribution in [1.29, 1.82) is 0 Å². The van der Waals surface area contributed by atoms with Crippen molar-refractivity contribution in [2.24, 2.45) is 17.6 Å². The van der Waals surface area contributed by atoms with E-state index < -0.39 is 47.5 Å². The third kappa shape index (κ3) is 4.52. The van der Waals surface area contributed by atoms with E-state index in [1.807, 2.05) is 7.05 Å². The lowest BCUT2D eigenvalue weighted by atomic mass is 10.00. The normalized spacial score (nSPS) is 28.2. The number of carbonyl (C=O) groups is 1. The van der Waals surface area contributed by atoms with Crippen LogP contribution >= 0.6 is 0 Å². The van der Waals surface area contributed by atoms with Crippen LogP contribution in [0.3, 0.4) is 0 Å². The number of pyridine rings is 1. The molecule has 11 heteroatoms. The maximum absolute atomic E-state index is 15.2. The van der Waals surface area contributed by atoms with Crippen molar-refractivity contribution in [1.82, 2.24) is 9.47 Å². The average molecular weight is 523 g/mol. The fourth-order valence-electron chi connectivity index (χ4n) is 6.16. The molecule has 1 aromatic heterocycles. The molecular formula is C26H30F4N4O3. The molecule has 0 bridgehead atoms. The van der Waals surface area contributed by atoms with Crippen LogP contribution in [0, 0.1) is 17.7 Å². The van der Waals surface area contributed by atoms with Gasteiger partial charge in [-0.1, -0.05) is 18.2 Å². The summed E-state index contributed by atoms with van der Waals surface area (Å²) in [4.78, 5) is 29.9. The molecular weight excluding hydrogens is 492 g/mol. The Morgan fingerprint density at radius 1 is 1.22 bits per heavy atom. The summed E-state index contributed by atoms with van der Waals surface area (Å²) in [6.45, 7) is 3.32. The minimum atomic E-state index is -2.99. The van der Waals surface area contributed by atoms with Crippen LogP contribution in [0.25, 0.3) is 0 Å². The van der Waals surface area contributed by atoms with Gasteiger partial charge in [-0.25, -0.2) is 17.6 Å². The van der Waals surface area contributed by atoms with Crippen molar-refractivity contribution < 1.29 is 27.1 Å². The molecule has 7 nitrogen and oxygen atoms in total. The van der Waals surface area contributed by atoms with Crippen LogP contribution < -0.4 is 16.2 Å². The third-order valence-electron chi connectivity index (χ3n) is 8.03. The zero-order valence-corrected chi connectivity index (χ0v) is 20.6. The van der Waals surface area contributed by atoms with Crippen molar-refractivity contribution in [3.63, 3.8) is 0 Å². The van der Waals surface area contributed by atoms with Crippen LogP contribution in [0.5, 0.6) is 0 Å². The lowest BCUT2D eigenvalue weighted by Gasteiger charge is -2.36. The molecule has 1 aromatic carbocycles. The minimum Gasteiger partial charge on any atom is -0.378 e. The standard InChI is InChI=1S/C26H30F4N4O3/c1-13(14-4-3-5-15(23(14)28)25(29)30)34(24-16-9-32(2)10-17(16)24)21-8-22(35)33(11-18(21)26(31)36)20-6-7-37-12-19(20)27/h3-5,8,11,13,16-17,19-20,24-25H,6-7,9-10,12H2,1-2H3,(H2,31,36)/t13-,16?,17?,19+,20+,24?/m1/s1. The largest absolute Gasteiger partial charge is 0.378 e. The molecule has 5 atom stereocenters. The summed E-state index contributed by atoms with van der Waals surface area (Å²) in [5.74, 6) is -1.45. The second kappa shape index (κ2) is 9.75. The van der Waals surface area contributed by atoms with E-state index in [1.165, 1.54) is 29.0 Å². The summed E-state index contributed by atoms with van der Waals surface area (Å²) >= 11 is 0. The molecule has 5 rings (SSSR count). The molecule has 0 radical (unpaired) electrons. The van der Waals surface area contributed by atoms with Gasteiger partial charge >= 0.3 is 0 Å². The Labute approximate surface area is 211 Å². The number of hydrogen-bond donors (Lipinski definition) is 1. The Morgan fingerprint density at radius 3 is 2.51 bits per heavy atom. The molecule has 2 N–H and O–H groups in total. The molecule has 2 saturated heterocycles. The molecule has 2 unspecified atom stereocenters. The predicted octanol–water partition coefficient (Wildman–Crippen LogP) is 3.45. The van der Waals surface area contributed by atoms with Gasteiger partial charge < -0.3 is 24.8 Å². The number of aromatic nitrogens is 1. The van der Waals surface area contributed by atoms with E-state index in [-0.39, 0.29) is 54.3 Å². The second-order valence-electron chi connectivity index (χ2n) is 10.3. The lowest BCUT2D eigenvalue weighted by Crippen LogP contribution is -2.41. The number of rotatable bonds is 7. The summed E-state index contributed by atoms with van der Waals surface area (Å²) in [6, 6.07) is 3.34. The van der Waals surface area contributed by atoms with Crippen molar-refractivity contribution >= 4 is 11.6 Å². The van der Waals surface area contributed by atoms with E-state index in [4.69, 9.17) is 10.5 Å². The first-order valence-corrected chi connectivity index (χ1v) is 12.4. The number of carbonyl (C=O) groups excluding carboxylic acids is 1. The zero-order chi connectivity index (χ0) is 26.6. The van der Waals surface area contributed by atoms with E-state index in [1.54, 1.807) is 11.8 Å². The van der Waals surface area contributed by atoms with Crippen LogP contribution in [-0.2, 0) is 4.74 Å². The van der Waals surface area contributed by atoms with E-state index in [0.717, 1.165) is 19.2 Å². The molecule has 3 fully saturated rings. The van der Waals surface area contributed by atoms with E-state index in [9.17, 15) is 22.8 Å². The number of anilines is 1. The monoisotopic (exact) mass is 522 g/mol. The number of nitrogens with two attached hydrogens (primary N) is 1. The van der Waals surface area contributed by atoms with Crippen LogP contribution in [0.4, 0.5) is 23.2 Å². The van der Waals surface area contributed by atoms with E-state index in [2.05, 4.69) is 4.90 Å². The molecule has 2 aromatic rings. The Bertz CT molecular complexity index is 1240. The van der Waals surface area contributed by atoms with Crippen LogP contribution in [0.15, 0.2) is 35.3 Å². The summed E-state index contributed by atoms with van der Waals surface area (Å²) < 4.78 is 63.1. The number of benzene rings is 1.